The van der Waals surface area contributed by atoms with E-state index in [2.05, 4.69) is 15.5 Å². The first kappa shape index (κ1) is 18.6. The van der Waals surface area contributed by atoms with Crippen LogP contribution in [0.25, 0.3) is 0 Å². The van der Waals surface area contributed by atoms with Gasteiger partial charge in [0.1, 0.15) is 5.69 Å². The molecule has 0 aliphatic rings. The predicted octanol–water partition coefficient (Wildman–Crippen LogP) is 1.94. The number of nitrogens with one attached hydrogen (secondary N) is 1. The molecule has 2 aromatic rings. The maximum Gasteiger partial charge on any atom is 0.294 e. The Hall–Kier alpha value is -1.77. The van der Waals surface area contributed by atoms with Crippen molar-refractivity contribution in [1.29, 1.82) is 0 Å². The molecule has 24 heavy (non-hydrogen) atoms. The summed E-state index contributed by atoms with van der Waals surface area (Å²) in [4.78, 5) is 23.7. The summed E-state index contributed by atoms with van der Waals surface area (Å²) < 4.78 is 0.875. The summed E-state index contributed by atoms with van der Waals surface area (Å²) in [7, 11) is 0. The van der Waals surface area contributed by atoms with Gasteiger partial charge in [0.15, 0.2) is 0 Å². The molecule has 128 valence electrons. The summed E-state index contributed by atoms with van der Waals surface area (Å²) in [5.74, 6) is 5.39. The molecule has 0 fully saturated rings. The average Bonchev–Trinajstić information content (AvgIpc) is 2.51. The van der Waals surface area contributed by atoms with E-state index < -0.39 is 5.56 Å². The number of nitrogen functional groups attached to an aromatic ring is 1. The van der Waals surface area contributed by atoms with Crippen molar-refractivity contribution in [3.8, 4) is 0 Å². The van der Waals surface area contributed by atoms with Crippen LogP contribution < -0.4 is 16.7 Å². The quantitative estimate of drug-likeness (QED) is 0.600. The third-order valence-electron chi connectivity index (χ3n) is 3.16. The number of rotatable bonds is 5. The standard InChI is InChI=1S/C14H15Cl2N5O2S/c1-7(10-4-3-9(15)5-11(10)16)18-12(22)6-24-14-20-19-8(2)13(23)21(14)17/h3-5,7H,6,17H2,1-2H3,(H,18,22)/t7-/m0/s1. The maximum atomic E-state index is 12.1. The first-order valence-electron chi connectivity index (χ1n) is 6.88. The Labute approximate surface area is 152 Å². The fourth-order valence-corrected chi connectivity index (χ4v) is 3.15. The first-order chi connectivity index (χ1) is 11.3. The maximum absolute atomic E-state index is 12.1. The molecule has 0 saturated carbocycles. The molecule has 10 heteroatoms. The summed E-state index contributed by atoms with van der Waals surface area (Å²) in [5, 5.41) is 11.5. The fraction of sp³-hybridized carbons (Fsp3) is 0.286. The molecule has 0 aliphatic heterocycles. The van der Waals surface area contributed by atoms with Gasteiger partial charge in [0.05, 0.1) is 11.8 Å². The highest BCUT2D eigenvalue weighted by atomic mass is 35.5. The lowest BCUT2D eigenvalue weighted by Gasteiger charge is -2.16. The number of hydrogen-bond acceptors (Lipinski definition) is 6. The number of amides is 1. The van der Waals surface area contributed by atoms with Crippen LogP contribution in [0.4, 0.5) is 0 Å². The van der Waals surface area contributed by atoms with Gasteiger partial charge >= 0.3 is 0 Å². The van der Waals surface area contributed by atoms with E-state index in [0.29, 0.717) is 10.0 Å². The Morgan fingerprint density at radius 2 is 2.12 bits per heavy atom. The molecule has 3 N–H and O–H groups in total. The van der Waals surface area contributed by atoms with Crippen molar-refractivity contribution in [3.63, 3.8) is 0 Å². The number of carbonyl (C=O) groups is 1. The number of nitrogens with two attached hydrogens (primary N) is 1. The number of carbonyl (C=O) groups excluding carboxylic acids is 1. The van der Waals surface area contributed by atoms with E-state index in [9.17, 15) is 9.59 Å². The van der Waals surface area contributed by atoms with Crippen LogP contribution >= 0.6 is 35.0 Å². The Morgan fingerprint density at radius 3 is 2.79 bits per heavy atom. The van der Waals surface area contributed by atoms with Crippen molar-refractivity contribution >= 4 is 40.9 Å². The van der Waals surface area contributed by atoms with Crippen LogP contribution in [-0.4, -0.2) is 26.5 Å². The van der Waals surface area contributed by atoms with Crippen LogP contribution in [0.5, 0.6) is 0 Å². The number of aryl methyl sites for hydroxylation is 1. The molecule has 0 bridgehead atoms. The number of aromatic nitrogens is 3. The number of benzene rings is 1. The third-order valence-corrected chi connectivity index (χ3v) is 4.66. The first-order valence-corrected chi connectivity index (χ1v) is 8.62. The van der Waals surface area contributed by atoms with Crippen molar-refractivity contribution < 1.29 is 4.79 Å². The molecule has 0 radical (unpaired) electrons. The zero-order chi connectivity index (χ0) is 17.9. The largest absolute Gasteiger partial charge is 0.349 e. The van der Waals surface area contributed by atoms with Crippen LogP contribution in [0.2, 0.25) is 10.0 Å². The van der Waals surface area contributed by atoms with Gasteiger partial charge in [-0.25, -0.2) is 0 Å². The van der Waals surface area contributed by atoms with E-state index >= 15 is 0 Å². The number of nitrogens with zero attached hydrogens (tertiary/aromatic N) is 3. The molecular formula is C14H15Cl2N5O2S. The van der Waals surface area contributed by atoms with E-state index in [1.807, 2.05) is 6.92 Å². The molecule has 1 amide bonds. The highest BCUT2D eigenvalue weighted by Crippen LogP contribution is 2.26. The third kappa shape index (κ3) is 4.40. The summed E-state index contributed by atoms with van der Waals surface area (Å²) in [6.07, 6.45) is 0. The second-order valence-corrected chi connectivity index (χ2v) is 6.77. The second-order valence-electron chi connectivity index (χ2n) is 4.99. The second kappa shape index (κ2) is 7.87. The van der Waals surface area contributed by atoms with Gasteiger partial charge in [0.25, 0.3) is 5.56 Å². The Bertz CT molecular complexity index is 827. The summed E-state index contributed by atoms with van der Waals surface area (Å²) in [6, 6.07) is 4.78. The molecule has 2 rings (SSSR count). The molecule has 1 heterocycles. The number of halogens is 2. The monoisotopic (exact) mass is 387 g/mol. The van der Waals surface area contributed by atoms with E-state index in [1.54, 1.807) is 18.2 Å². The molecule has 1 aromatic carbocycles. The van der Waals surface area contributed by atoms with Crippen molar-refractivity contribution in [1.82, 2.24) is 20.2 Å². The van der Waals surface area contributed by atoms with Gasteiger partial charge in [-0.15, -0.1) is 10.2 Å². The fourth-order valence-electron chi connectivity index (χ4n) is 1.91. The topological polar surface area (TPSA) is 103 Å². The lowest BCUT2D eigenvalue weighted by atomic mass is 10.1. The van der Waals surface area contributed by atoms with E-state index in [-0.39, 0.29) is 28.6 Å². The van der Waals surface area contributed by atoms with Crippen LogP contribution in [-0.2, 0) is 4.79 Å². The van der Waals surface area contributed by atoms with Crippen molar-refractivity contribution in [2.75, 3.05) is 11.6 Å². The Morgan fingerprint density at radius 1 is 1.42 bits per heavy atom. The van der Waals surface area contributed by atoms with E-state index in [4.69, 9.17) is 29.0 Å². The minimum absolute atomic E-state index is 0.0317. The van der Waals surface area contributed by atoms with Gasteiger partial charge < -0.3 is 11.2 Å². The van der Waals surface area contributed by atoms with Gasteiger partial charge in [-0.05, 0) is 31.5 Å². The van der Waals surface area contributed by atoms with Crippen LogP contribution in [0.3, 0.4) is 0 Å². The molecule has 0 spiro atoms. The van der Waals surface area contributed by atoms with Crippen molar-refractivity contribution in [2.45, 2.75) is 25.0 Å². The molecule has 0 aliphatic carbocycles. The van der Waals surface area contributed by atoms with E-state index in [1.165, 1.54) is 6.92 Å². The summed E-state index contributed by atoms with van der Waals surface area (Å²) >= 11 is 13.0. The van der Waals surface area contributed by atoms with Crippen LogP contribution in [0.1, 0.15) is 24.2 Å². The van der Waals surface area contributed by atoms with Crippen LogP contribution in [0, 0.1) is 6.92 Å². The van der Waals surface area contributed by atoms with Gasteiger partial charge in [0, 0.05) is 10.0 Å². The normalized spacial score (nSPS) is 12.0. The highest BCUT2D eigenvalue weighted by Gasteiger charge is 2.15. The summed E-state index contributed by atoms with van der Waals surface area (Å²) in [6.45, 7) is 3.32. The molecular weight excluding hydrogens is 373 g/mol. The minimum atomic E-state index is -0.450. The minimum Gasteiger partial charge on any atom is -0.349 e. The van der Waals surface area contributed by atoms with Crippen LogP contribution in [0.15, 0.2) is 28.2 Å². The molecule has 1 aromatic heterocycles. The number of thioether (sulfide) groups is 1. The highest BCUT2D eigenvalue weighted by molar-refractivity contribution is 7.99. The molecule has 0 saturated heterocycles. The Balaban J connectivity index is 1.98. The summed E-state index contributed by atoms with van der Waals surface area (Å²) in [5.41, 5.74) is 0.497. The lowest BCUT2D eigenvalue weighted by molar-refractivity contribution is -0.119. The molecule has 1 atom stereocenters. The zero-order valence-corrected chi connectivity index (χ0v) is 15.2. The number of hydrogen-bond donors (Lipinski definition) is 2. The van der Waals surface area contributed by atoms with Crippen molar-refractivity contribution in [3.05, 3.63) is 49.9 Å². The van der Waals surface area contributed by atoms with E-state index in [0.717, 1.165) is 22.0 Å². The van der Waals surface area contributed by atoms with Gasteiger partial charge in [-0.2, -0.15) is 4.68 Å². The predicted molar refractivity (Wildman–Crippen MR) is 94.9 cm³/mol. The lowest BCUT2D eigenvalue weighted by Crippen LogP contribution is -2.33. The van der Waals surface area contributed by atoms with Gasteiger partial charge in [0.2, 0.25) is 11.1 Å². The average molecular weight is 388 g/mol. The smallest absolute Gasteiger partial charge is 0.294 e. The van der Waals surface area contributed by atoms with Gasteiger partial charge in [-0.1, -0.05) is 41.0 Å². The zero-order valence-electron chi connectivity index (χ0n) is 12.9. The van der Waals surface area contributed by atoms with Crippen molar-refractivity contribution in [2.24, 2.45) is 0 Å². The molecule has 0 unspecified atom stereocenters. The molecule has 7 nitrogen and oxygen atoms in total. The SMILES string of the molecule is Cc1nnc(SCC(=O)N[C@@H](C)c2ccc(Cl)cc2Cl)n(N)c1=O. The Kier molecular flexibility index (Phi) is 6.09. The van der Waals surface area contributed by atoms with Gasteiger partial charge in [-0.3, -0.25) is 9.59 Å².